The SMILES string of the molecule is O=C(NC1CCN(C(=O)N2C[C@H]3C[C@H](C2)[C@H]2CCCC(=O)N2C3)CC1)c1cnccn1. The summed E-state index contributed by atoms with van der Waals surface area (Å²) in [4.78, 5) is 51.9. The molecule has 0 spiro atoms. The molecule has 31 heavy (non-hydrogen) atoms. The largest absolute Gasteiger partial charge is 0.348 e. The van der Waals surface area contributed by atoms with E-state index in [0.29, 0.717) is 49.0 Å². The predicted molar refractivity (Wildman–Crippen MR) is 112 cm³/mol. The number of nitrogens with zero attached hydrogens (tertiary/aromatic N) is 5. The average molecular weight is 427 g/mol. The second-order valence-corrected chi connectivity index (χ2v) is 9.38. The minimum Gasteiger partial charge on any atom is -0.348 e. The van der Waals surface area contributed by atoms with Gasteiger partial charge in [-0.25, -0.2) is 9.78 Å². The molecule has 9 heteroatoms. The van der Waals surface area contributed by atoms with Crippen molar-refractivity contribution in [1.82, 2.24) is 30.0 Å². The smallest absolute Gasteiger partial charge is 0.320 e. The first-order valence-corrected chi connectivity index (χ1v) is 11.5. The molecule has 5 heterocycles. The first kappa shape index (κ1) is 20.2. The second kappa shape index (κ2) is 8.43. The van der Waals surface area contributed by atoms with Crippen LogP contribution in [0.1, 0.15) is 49.0 Å². The topological polar surface area (TPSA) is 98.7 Å². The van der Waals surface area contributed by atoms with E-state index in [0.717, 1.165) is 51.7 Å². The number of nitrogens with one attached hydrogen (secondary N) is 1. The van der Waals surface area contributed by atoms with E-state index in [4.69, 9.17) is 0 Å². The number of fused-ring (bicyclic) bond motifs is 4. The van der Waals surface area contributed by atoms with Crippen LogP contribution in [0.4, 0.5) is 4.79 Å². The molecule has 9 nitrogen and oxygen atoms in total. The Bertz CT molecular complexity index is 841. The highest BCUT2D eigenvalue weighted by Crippen LogP contribution is 2.38. The molecule has 0 saturated carbocycles. The Morgan fingerprint density at radius 3 is 2.65 bits per heavy atom. The quantitative estimate of drug-likeness (QED) is 0.764. The summed E-state index contributed by atoms with van der Waals surface area (Å²) in [6.45, 7) is 3.59. The van der Waals surface area contributed by atoms with Crippen LogP contribution in [0.15, 0.2) is 18.6 Å². The highest BCUT2D eigenvalue weighted by atomic mass is 16.2. The maximum Gasteiger partial charge on any atom is 0.320 e. The van der Waals surface area contributed by atoms with Crippen molar-refractivity contribution in [2.24, 2.45) is 11.8 Å². The molecule has 0 aromatic carbocycles. The zero-order valence-electron chi connectivity index (χ0n) is 17.8. The fourth-order valence-corrected chi connectivity index (χ4v) is 5.86. The van der Waals surface area contributed by atoms with E-state index in [-0.39, 0.29) is 18.0 Å². The Hall–Kier alpha value is -2.71. The van der Waals surface area contributed by atoms with Crippen LogP contribution in [0.5, 0.6) is 0 Å². The van der Waals surface area contributed by atoms with Crippen molar-refractivity contribution in [3.05, 3.63) is 24.3 Å². The summed E-state index contributed by atoms with van der Waals surface area (Å²) in [5.74, 6) is 0.888. The van der Waals surface area contributed by atoms with Gasteiger partial charge >= 0.3 is 6.03 Å². The normalized spacial score (nSPS) is 28.8. The Labute approximate surface area is 182 Å². The van der Waals surface area contributed by atoms with E-state index < -0.39 is 0 Å². The van der Waals surface area contributed by atoms with E-state index in [2.05, 4.69) is 20.2 Å². The average Bonchev–Trinajstić information content (AvgIpc) is 2.80. The molecule has 4 fully saturated rings. The Morgan fingerprint density at radius 1 is 1.03 bits per heavy atom. The molecule has 1 aromatic heterocycles. The number of aromatic nitrogens is 2. The number of piperidine rings is 4. The zero-order valence-corrected chi connectivity index (χ0v) is 17.8. The Kier molecular flexibility index (Phi) is 5.50. The lowest BCUT2D eigenvalue weighted by atomic mass is 9.76. The molecule has 4 aliphatic heterocycles. The molecule has 2 bridgehead atoms. The Morgan fingerprint density at radius 2 is 1.87 bits per heavy atom. The third-order valence-corrected chi connectivity index (χ3v) is 7.35. The van der Waals surface area contributed by atoms with E-state index in [1.807, 2.05) is 9.80 Å². The van der Waals surface area contributed by atoms with E-state index in [1.54, 1.807) is 6.20 Å². The predicted octanol–water partition coefficient (Wildman–Crippen LogP) is 1.12. The lowest BCUT2D eigenvalue weighted by Crippen LogP contribution is -2.62. The van der Waals surface area contributed by atoms with Crippen LogP contribution in [-0.4, -0.2) is 87.3 Å². The van der Waals surface area contributed by atoms with Gasteiger partial charge in [0.1, 0.15) is 5.69 Å². The van der Waals surface area contributed by atoms with Crippen molar-refractivity contribution < 1.29 is 14.4 Å². The summed E-state index contributed by atoms with van der Waals surface area (Å²) in [5, 5.41) is 3.01. The van der Waals surface area contributed by atoms with E-state index >= 15 is 0 Å². The fourth-order valence-electron chi connectivity index (χ4n) is 5.86. The van der Waals surface area contributed by atoms with Gasteiger partial charge in [0.2, 0.25) is 5.91 Å². The van der Waals surface area contributed by atoms with E-state index in [9.17, 15) is 14.4 Å². The maximum absolute atomic E-state index is 13.2. The van der Waals surface area contributed by atoms with Crippen LogP contribution in [0.2, 0.25) is 0 Å². The molecule has 4 amide bonds. The fraction of sp³-hybridized carbons (Fsp3) is 0.682. The molecular weight excluding hydrogens is 396 g/mol. The molecule has 4 aliphatic rings. The summed E-state index contributed by atoms with van der Waals surface area (Å²) in [7, 11) is 0. The molecule has 1 aromatic rings. The zero-order chi connectivity index (χ0) is 21.4. The number of hydrogen-bond acceptors (Lipinski definition) is 5. The molecule has 0 unspecified atom stereocenters. The highest BCUT2D eigenvalue weighted by molar-refractivity contribution is 5.92. The molecule has 0 aliphatic carbocycles. The van der Waals surface area contributed by atoms with Crippen molar-refractivity contribution in [1.29, 1.82) is 0 Å². The maximum atomic E-state index is 13.2. The minimum absolute atomic E-state index is 0.0427. The number of urea groups is 1. The lowest BCUT2D eigenvalue weighted by Gasteiger charge is -2.53. The molecule has 4 saturated heterocycles. The summed E-state index contributed by atoms with van der Waals surface area (Å²) < 4.78 is 0. The van der Waals surface area contributed by atoms with Crippen molar-refractivity contribution in [3.63, 3.8) is 0 Å². The highest BCUT2D eigenvalue weighted by Gasteiger charge is 2.45. The summed E-state index contributed by atoms with van der Waals surface area (Å²) in [6, 6.07) is 0.472. The number of likely N-dealkylation sites (tertiary alicyclic amines) is 2. The van der Waals surface area contributed by atoms with Crippen LogP contribution >= 0.6 is 0 Å². The van der Waals surface area contributed by atoms with Crippen molar-refractivity contribution in [3.8, 4) is 0 Å². The lowest BCUT2D eigenvalue weighted by molar-refractivity contribution is -0.144. The first-order valence-electron chi connectivity index (χ1n) is 11.5. The summed E-state index contributed by atoms with van der Waals surface area (Å²) in [5.41, 5.74) is 0.316. The van der Waals surface area contributed by atoms with Gasteiger partial charge in [-0.05, 0) is 43.9 Å². The first-order chi connectivity index (χ1) is 15.1. The molecule has 1 N–H and O–H groups in total. The number of rotatable bonds is 2. The van der Waals surface area contributed by atoms with Crippen LogP contribution in [-0.2, 0) is 4.79 Å². The van der Waals surface area contributed by atoms with E-state index in [1.165, 1.54) is 12.4 Å². The van der Waals surface area contributed by atoms with Gasteiger partial charge in [-0.15, -0.1) is 0 Å². The number of carbonyl (C=O) groups excluding carboxylic acids is 3. The van der Waals surface area contributed by atoms with Crippen molar-refractivity contribution >= 4 is 17.8 Å². The standard InChI is InChI=1S/C22H30N6O3/c29-20-3-1-2-19-16-10-15(13-28(19)20)12-27(14-16)22(31)26-8-4-17(5-9-26)25-21(30)18-11-23-6-7-24-18/h6-7,11,15-17,19H,1-5,8-10,12-14H2,(H,25,30)/t15-,16-,19-/m1/s1. The monoisotopic (exact) mass is 426 g/mol. The van der Waals surface area contributed by atoms with Gasteiger partial charge in [-0.2, -0.15) is 0 Å². The van der Waals surface area contributed by atoms with Crippen LogP contribution in [0.25, 0.3) is 0 Å². The number of hydrogen-bond donors (Lipinski definition) is 1. The second-order valence-electron chi connectivity index (χ2n) is 9.38. The van der Waals surface area contributed by atoms with Gasteiger partial charge in [-0.1, -0.05) is 0 Å². The van der Waals surface area contributed by atoms with Crippen molar-refractivity contribution in [2.75, 3.05) is 32.7 Å². The molecule has 5 rings (SSSR count). The van der Waals surface area contributed by atoms with Gasteiger partial charge in [0.05, 0.1) is 6.20 Å². The van der Waals surface area contributed by atoms with Crippen molar-refractivity contribution in [2.45, 2.75) is 50.6 Å². The van der Waals surface area contributed by atoms with Gasteiger partial charge < -0.3 is 20.0 Å². The van der Waals surface area contributed by atoms with Crippen LogP contribution < -0.4 is 5.32 Å². The van der Waals surface area contributed by atoms with Crippen LogP contribution in [0.3, 0.4) is 0 Å². The summed E-state index contributed by atoms with van der Waals surface area (Å²) in [6.07, 6.45) is 9.85. The number of amides is 4. The van der Waals surface area contributed by atoms with Gasteiger partial charge in [0, 0.05) is 63.6 Å². The Balaban J connectivity index is 1.14. The third-order valence-electron chi connectivity index (χ3n) is 7.35. The van der Waals surface area contributed by atoms with Gasteiger partial charge in [0.25, 0.3) is 5.91 Å². The van der Waals surface area contributed by atoms with Gasteiger partial charge in [0.15, 0.2) is 0 Å². The molecular formula is C22H30N6O3. The summed E-state index contributed by atoms with van der Waals surface area (Å²) >= 11 is 0. The number of carbonyl (C=O) groups is 3. The minimum atomic E-state index is -0.215. The molecule has 3 atom stereocenters. The molecule has 166 valence electrons. The van der Waals surface area contributed by atoms with Gasteiger partial charge in [-0.3, -0.25) is 14.6 Å². The third kappa shape index (κ3) is 4.09. The van der Waals surface area contributed by atoms with Crippen LogP contribution in [0, 0.1) is 11.8 Å². The molecule has 0 radical (unpaired) electrons.